The van der Waals surface area contributed by atoms with Crippen LogP contribution < -0.4 is 4.74 Å². The summed E-state index contributed by atoms with van der Waals surface area (Å²) in [5, 5.41) is 5.32. The highest BCUT2D eigenvalue weighted by Gasteiger charge is 2.59. The van der Waals surface area contributed by atoms with Crippen LogP contribution in [0.5, 0.6) is 5.75 Å². The van der Waals surface area contributed by atoms with Crippen molar-refractivity contribution < 1.29 is 14.3 Å². The van der Waals surface area contributed by atoms with Crippen LogP contribution in [-0.4, -0.2) is 29.1 Å². The van der Waals surface area contributed by atoms with Crippen LogP contribution in [0.1, 0.15) is 32.3 Å². The van der Waals surface area contributed by atoms with Crippen molar-refractivity contribution in [1.29, 1.82) is 0 Å². The number of nitrogens with zero attached hydrogens (tertiary/aromatic N) is 2. The number of hydrogen-bond donors (Lipinski definition) is 0. The van der Waals surface area contributed by atoms with Gasteiger partial charge in [-0.1, -0.05) is 35.0 Å². The Balaban J connectivity index is 1.58. The van der Waals surface area contributed by atoms with Gasteiger partial charge in [-0.2, -0.15) is 10.1 Å². The minimum absolute atomic E-state index is 0.0689. The highest BCUT2D eigenvalue weighted by Crippen LogP contribution is 2.52. The number of carbonyl (C=O) groups is 2. The number of imide groups is 1. The lowest BCUT2D eigenvalue weighted by Crippen LogP contribution is -2.28. The van der Waals surface area contributed by atoms with Gasteiger partial charge in [0.1, 0.15) is 5.75 Å². The van der Waals surface area contributed by atoms with E-state index in [1.807, 2.05) is 25.1 Å². The van der Waals surface area contributed by atoms with Crippen molar-refractivity contribution in [1.82, 2.24) is 5.01 Å². The van der Waals surface area contributed by atoms with E-state index < -0.39 is 0 Å². The molecule has 1 saturated carbocycles. The van der Waals surface area contributed by atoms with Crippen molar-refractivity contribution in [3.8, 4) is 5.75 Å². The predicted octanol–water partition coefficient (Wildman–Crippen LogP) is 3.77. The third-order valence-corrected chi connectivity index (χ3v) is 6.13. The molecule has 5 atom stereocenters. The van der Waals surface area contributed by atoms with Gasteiger partial charge in [-0.3, -0.25) is 9.59 Å². The van der Waals surface area contributed by atoms with Crippen LogP contribution in [0.2, 0.25) is 0 Å². The summed E-state index contributed by atoms with van der Waals surface area (Å²) in [6.45, 7) is 4.06. The van der Waals surface area contributed by atoms with E-state index in [4.69, 9.17) is 4.74 Å². The number of allylic oxidation sites excluding steroid dienone is 2. The summed E-state index contributed by atoms with van der Waals surface area (Å²) in [6, 6.07) is 5.64. The molecular weight excluding hydrogens is 396 g/mol. The fourth-order valence-electron chi connectivity index (χ4n) is 4.15. The third kappa shape index (κ3) is 2.80. The lowest BCUT2D eigenvalue weighted by atomic mass is 9.85. The predicted molar refractivity (Wildman–Crippen MR) is 102 cm³/mol. The molecule has 1 aromatic rings. The number of fused-ring (bicyclic) bond motifs is 5. The molecule has 3 aliphatic rings. The Hall–Kier alpha value is -1.95. The normalized spacial score (nSPS) is 30.5. The second-order valence-electron chi connectivity index (χ2n) is 7.25. The van der Waals surface area contributed by atoms with Crippen LogP contribution >= 0.6 is 15.9 Å². The molecule has 1 heterocycles. The number of benzene rings is 1. The van der Waals surface area contributed by atoms with Crippen molar-refractivity contribution in [2.24, 2.45) is 28.8 Å². The van der Waals surface area contributed by atoms with Gasteiger partial charge in [-0.05, 0) is 49.8 Å². The summed E-state index contributed by atoms with van der Waals surface area (Å²) in [5.41, 5.74) is 0.735. The first-order valence-electron chi connectivity index (χ1n) is 9.06. The molecule has 2 fully saturated rings. The number of ether oxygens (including phenoxy) is 1. The average Bonchev–Trinajstić information content (AvgIpc) is 3.30. The van der Waals surface area contributed by atoms with E-state index in [1.165, 1.54) is 0 Å². The fraction of sp³-hybridized carbons (Fsp3) is 0.450. The maximum Gasteiger partial charge on any atom is 0.254 e. The highest BCUT2D eigenvalue weighted by atomic mass is 79.9. The van der Waals surface area contributed by atoms with Crippen molar-refractivity contribution in [2.75, 3.05) is 0 Å². The first kappa shape index (κ1) is 17.5. The monoisotopic (exact) mass is 416 g/mol. The van der Waals surface area contributed by atoms with E-state index in [2.05, 4.69) is 40.1 Å². The Morgan fingerprint density at radius 1 is 1.27 bits per heavy atom. The summed E-state index contributed by atoms with van der Waals surface area (Å²) >= 11 is 3.45. The molecule has 6 heteroatoms. The van der Waals surface area contributed by atoms with Gasteiger partial charge in [0.25, 0.3) is 11.8 Å². The quantitative estimate of drug-likeness (QED) is 0.417. The van der Waals surface area contributed by atoms with E-state index >= 15 is 0 Å². The highest BCUT2D eigenvalue weighted by molar-refractivity contribution is 9.10. The molecule has 0 aromatic heterocycles. The van der Waals surface area contributed by atoms with Gasteiger partial charge in [-0.15, -0.1) is 0 Å². The van der Waals surface area contributed by atoms with Crippen LogP contribution in [0.4, 0.5) is 0 Å². The Bertz CT molecular complexity index is 789. The number of amides is 2. The van der Waals surface area contributed by atoms with Gasteiger partial charge < -0.3 is 4.74 Å². The van der Waals surface area contributed by atoms with Crippen LogP contribution in [0.25, 0.3) is 0 Å². The largest absolute Gasteiger partial charge is 0.490 e. The number of rotatable bonds is 5. The van der Waals surface area contributed by atoms with Gasteiger partial charge in [0, 0.05) is 10.0 Å². The molecule has 136 valence electrons. The molecule has 0 spiro atoms. The molecule has 2 amide bonds. The van der Waals surface area contributed by atoms with E-state index in [1.54, 1.807) is 6.21 Å². The lowest BCUT2D eigenvalue weighted by molar-refractivity contribution is -0.140. The molecule has 0 radical (unpaired) electrons. The number of hydrazone groups is 1. The van der Waals surface area contributed by atoms with E-state index in [0.717, 1.165) is 27.9 Å². The number of halogens is 1. The van der Waals surface area contributed by atoms with E-state index in [-0.39, 0.29) is 41.6 Å². The molecular formula is C20H21BrN2O3. The van der Waals surface area contributed by atoms with Crippen molar-refractivity contribution in [2.45, 2.75) is 32.8 Å². The molecule has 0 N–H and O–H groups in total. The first-order valence-corrected chi connectivity index (χ1v) is 9.85. The fourth-order valence-corrected chi connectivity index (χ4v) is 4.53. The topological polar surface area (TPSA) is 59.0 Å². The molecule has 1 saturated heterocycles. The van der Waals surface area contributed by atoms with Crippen molar-refractivity contribution >= 4 is 34.0 Å². The minimum atomic E-state index is -0.229. The number of hydrogen-bond acceptors (Lipinski definition) is 4. The van der Waals surface area contributed by atoms with Crippen LogP contribution in [-0.2, 0) is 9.59 Å². The number of carbonyl (C=O) groups excluding carboxylic acids is 2. The molecule has 2 bridgehead atoms. The summed E-state index contributed by atoms with van der Waals surface area (Å²) in [6.07, 6.45) is 7.58. The van der Waals surface area contributed by atoms with E-state index in [9.17, 15) is 9.59 Å². The van der Waals surface area contributed by atoms with Gasteiger partial charge in [0.2, 0.25) is 0 Å². The Morgan fingerprint density at radius 3 is 2.54 bits per heavy atom. The zero-order valence-corrected chi connectivity index (χ0v) is 16.3. The molecule has 5 unspecified atom stereocenters. The van der Waals surface area contributed by atoms with E-state index in [0.29, 0.717) is 5.75 Å². The molecule has 4 rings (SSSR count). The zero-order valence-electron chi connectivity index (χ0n) is 14.8. The first-order chi connectivity index (χ1) is 12.5. The molecule has 2 aliphatic carbocycles. The smallest absolute Gasteiger partial charge is 0.254 e. The molecule has 1 aliphatic heterocycles. The van der Waals surface area contributed by atoms with Crippen LogP contribution in [0, 0.1) is 23.7 Å². The SMILES string of the molecule is CCC(C)Oc1ccc(Br)cc1C=NN1C(=O)C2C3C=CC(C3)C2C1=O. The van der Waals surface area contributed by atoms with Gasteiger partial charge >= 0.3 is 0 Å². The molecule has 1 aromatic carbocycles. The summed E-state index contributed by atoms with van der Waals surface area (Å²) in [4.78, 5) is 25.4. The van der Waals surface area contributed by atoms with Gasteiger partial charge in [0.05, 0.1) is 24.2 Å². The Labute approximate surface area is 161 Å². The molecule has 5 nitrogen and oxygen atoms in total. The Kier molecular flexibility index (Phi) is 4.47. The second-order valence-corrected chi connectivity index (χ2v) is 8.17. The standard InChI is InChI=1S/C20H21BrN2O3/c1-3-11(2)26-16-7-6-15(21)9-14(16)10-22-23-19(24)17-12-4-5-13(8-12)18(17)20(23)25/h4-7,9-13,17-18H,3,8H2,1-2H3. The molecule has 26 heavy (non-hydrogen) atoms. The zero-order chi connectivity index (χ0) is 18.4. The van der Waals surface area contributed by atoms with Crippen LogP contribution in [0.3, 0.4) is 0 Å². The third-order valence-electron chi connectivity index (χ3n) is 5.63. The van der Waals surface area contributed by atoms with Gasteiger partial charge in [0.15, 0.2) is 0 Å². The summed E-state index contributed by atoms with van der Waals surface area (Å²) in [5.74, 6) is 0.266. The maximum absolute atomic E-state index is 12.7. The van der Waals surface area contributed by atoms with Crippen molar-refractivity contribution in [3.05, 3.63) is 40.4 Å². The summed E-state index contributed by atoms with van der Waals surface area (Å²) < 4.78 is 6.81. The maximum atomic E-state index is 12.7. The average molecular weight is 417 g/mol. The van der Waals surface area contributed by atoms with Gasteiger partial charge in [-0.25, -0.2) is 0 Å². The lowest BCUT2D eigenvalue weighted by Gasteiger charge is -2.15. The van der Waals surface area contributed by atoms with Crippen molar-refractivity contribution in [3.63, 3.8) is 0 Å². The Morgan fingerprint density at radius 2 is 1.92 bits per heavy atom. The summed E-state index contributed by atoms with van der Waals surface area (Å²) in [7, 11) is 0. The van der Waals surface area contributed by atoms with Crippen LogP contribution in [0.15, 0.2) is 39.9 Å². The minimum Gasteiger partial charge on any atom is -0.490 e. The second kappa shape index (κ2) is 6.65.